The molecule has 4 rings (SSSR count). The minimum Gasteiger partial charge on any atom is -0.507 e. The Hall–Kier alpha value is -2.59. The monoisotopic (exact) mass is 349 g/mol. The molecule has 2 aromatic carbocycles. The van der Waals surface area contributed by atoms with Crippen LogP contribution in [0.2, 0.25) is 0 Å². The molecule has 0 amide bonds. The smallest absolute Gasteiger partial charge is 0.266 e. The number of aromatic nitrogens is 1. The van der Waals surface area contributed by atoms with E-state index in [4.69, 9.17) is 0 Å². The molecule has 2 N–H and O–H groups in total. The molecule has 0 saturated carbocycles. The number of pyridine rings is 1. The van der Waals surface area contributed by atoms with Gasteiger partial charge in [-0.1, -0.05) is 38.1 Å². The third kappa shape index (κ3) is 2.45. The summed E-state index contributed by atoms with van der Waals surface area (Å²) < 4.78 is 0.692. The Balaban J connectivity index is 2.13. The minimum absolute atomic E-state index is 0.0765. The van der Waals surface area contributed by atoms with E-state index in [1.54, 1.807) is 6.07 Å². The average Bonchev–Trinajstić information content (AvgIpc) is 3.07. The van der Waals surface area contributed by atoms with Crippen LogP contribution in [0.3, 0.4) is 0 Å². The molecule has 0 fully saturated rings. The number of phenolic OH excluding ortho intramolecular Hbond substituents is 1. The standard InChI is InChI=1S/C21H19NO2S/c1-11(2)13-4-6-14(7-5-13)17-16(23)10-12(3)19-18(17)15-8-9-25-20(15)21(24)22-19/h4-11,23H,1-3H3,(H,22,24). The van der Waals surface area contributed by atoms with Gasteiger partial charge >= 0.3 is 0 Å². The number of aromatic amines is 1. The Morgan fingerprint density at radius 1 is 1.12 bits per heavy atom. The molecule has 2 aromatic heterocycles. The zero-order valence-corrected chi connectivity index (χ0v) is 15.2. The van der Waals surface area contributed by atoms with Gasteiger partial charge in [0.1, 0.15) is 10.4 Å². The van der Waals surface area contributed by atoms with Gasteiger partial charge in [0.25, 0.3) is 5.56 Å². The van der Waals surface area contributed by atoms with E-state index >= 15 is 0 Å². The number of aromatic hydroxyl groups is 1. The number of phenols is 1. The number of rotatable bonds is 2. The number of benzene rings is 2. The fourth-order valence-corrected chi connectivity index (χ4v) is 4.20. The van der Waals surface area contributed by atoms with Crippen molar-refractivity contribution >= 4 is 32.3 Å². The van der Waals surface area contributed by atoms with Crippen molar-refractivity contribution in [2.75, 3.05) is 0 Å². The van der Waals surface area contributed by atoms with Gasteiger partial charge < -0.3 is 10.1 Å². The van der Waals surface area contributed by atoms with Crippen LogP contribution in [0.5, 0.6) is 5.75 Å². The maximum absolute atomic E-state index is 12.4. The van der Waals surface area contributed by atoms with Crippen LogP contribution in [-0.2, 0) is 0 Å². The molecule has 0 atom stereocenters. The summed E-state index contributed by atoms with van der Waals surface area (Å²) in [6.07, 6.45) is 0. The number of H-pyrrole nitrogens is 1. The molecule has 0 radical (unpaired) electrons. The first kappa shape index (κ1) is 15.9. The Labute approximate surface area is 149 Å². The number of thiophene rings is 1. The van der Waals surface area contributed by atoms with Gasteiger partial charge in [0.2, 0.25) is 0 Å². The summed E-state index contributed by atoms with van der Waals surface area (Å²) in [6, 6.07) is 12.0. The van der Waals surface area contributed by atoms with E-state index in [2.05, 4.69) is 31.0 Å². The van der Waals surface area contributed by atoms with Crippen LogP contribution in [0.1, 0.15) is 30.9 Å². The molecule has 126 valence electrons. The fourth-order valence-electron chi connectivity index (χ4n) is 3.41. The van der Waals surface area contributed by atoms with Gasteiger partial charge in [0.05, 0.1) is 5.52 Å². The number of hydrogen-bond acceptors (Lipinski definition) is 3. The second-order valence-electron chi connectivity index (χ2n) is 6.73. The fraction of sp³-hybridized carbons (Fsp3) is 0.190. The highest BCUT2D eigenvalue weighted by atomic mass is 32.1. The Kier molecular flexibility index (Phi) is 3.65. The number of aryl methyl sites for hydroxylation is 1. The maximum atomic E-state index is 12.4. The van der Waals surface area contributed by atoms with E-state index < -0.39 is 0 Å². The van der Waals surface area contributed by atoms with Crippen LogP contribution in [0.4, 0.5) is 0 Å². The predicted molar refractivity (Wildman–Crippen MR) is 106 cm³/mol. The second kappa shape index (κ2) is 5.74. The number of hydrogen-bond donors (Lipinski definition) is 2. The van der Waals surface area contributed by atoms with E-state index in [1.807, 2.05) is 30.5 Å². The normalized spacial score (nSPS) is 11.7. The first-order valence-electron chi connectivity index (χ1n) is 8.33. The molecule has 0 bridgehead atoms. The van der Waals surface area contributed by atoms with Crippen molar-refractivity contribution in [3.63, 3.8) is 0 Å². The van der Waals surface area contributed by atoms with E-state index in [1.165, 1.54) is 16.9 Å². The third-order valence-electron chi connectivity index (χ3n) is 4.75. The molecule has 25 heavy (non-hydrogen) atoms. The van der Waals surface area contributed by atoms with Crippen molar-refractivity contribution in [2.45, 2.75) is 26.7 Å². The SMILES string of the molecule is Cc1cc(O)c(-c2ccc(C(C)C)cc2)c2c1[nH]c(=O)c1sccc12. The zero-order chi connectivity index (χ0) is 17.7. The Morgan fingerprint density at radius 3 is 2.52 bits per heavy atom. The summed E-state index contributed by atoms with van der Waals surface area (Å²) in [5.41, 5.74) is 4.56. The molecule has 4 aromatic rings. The van der Waals surface area contributed by atoms with Crippen molar-refractivity contribution in [1.29, 1.82) is 0 Å². The van der Waals surface area contributed by atoms with Gasteiger partial charge in [-0.3, -0.25) is 4.79 Å². The lowest BCUT2D eigenvalue weighted by Gasteiger charge is -2.14. The van der Waals surface area contributed by atoms with Crippen LogP contribution in [-0.4, -0.2) is 10.1 Å². The van der Waals surface area contributed by atoms with Crippen molar-refractivity contribution in [3.05, 3.63) is 63.3 Å². The Bertz CT molecular complexity index is 1150. The van der Waals surface area contributed by atoms with Crippen LogP contribution < -0.4 is 5.56 Å². The highest BCUT2D eigenvalue weighted by molar-refractivity contribution is 7.17. The van der Waals surface area contributed by atoms with Gasteiger partial charge in [-0.2, -0.15) is 0 Å². The molecule has 0 saturated heterocycles. The predicted octanol–water partition coefficient (Wildman–Crippen LogP) is 5.55. The molecular weight excluding hydrogens is 330 g/mol. The minimum atomic E-state index is -0.0765. The molecule has 0 unspecified atom stereocenters. The zero-order valence-electron chi connectivity index (χ0n) is 14.4. The summed E-state index contributed by atoms with van der Waals surface area (Å²) in [6.45, 7) is 6.22. The summed E-state index contributed by atoms with van der Waals surface area (Å²) in [4.78, 5) is 15.3. The average molecular weight is 349 g/mol. The summed E-state index contributed by atoms with van der Waals surface area (Å²) in [5.74, 6) is 0.694. The third-order valence-corrected chi connectivity index (χ3v) is 5.66. The molecular formula is C21H19NO2S. The van der Waals surface area contributed by atoms with E-state index in [-0.39, 0.29) is 11.3 Å². The highest BCUT2D eigenvalue weighted by Crippen LogP contribution is 2.41. The van der Waals surface area contributed by atoms with E-state index in [9.17, 15) is 9.90 Å². The van der Waals surface area contributed by atoms with Gasteiger partial charge in [-0.05, 0) is 47.0 Å². The van der Waals surface area contributed by atoms with Crippen molar-refractivity contribution in [3.8, 4) is 16.9 Å². The lowest BCUT2D eigenvalue weighted by Crippen LogP contribution is -2.05. The first-order valence-corrected chi connectivity index (χ1v) is 9.21. The van der Waals surface area contributed by atoms with E-state index in [0.29, 0.717) is 10.6 Å². The maximum Gasteiger partial charge on any atom is 0.266 e. The van der Waals surface area contributed by atoms with Crippen LogP contribution in [0.25, 0.3) is 32.1 Å². The first-order chi connectivity index (χ1) is 12.0. The van der Waals surface area contributed by atoms with Gasteiger partial charge in [0, 0.05) is 16.3 Å². The topological polar surface area (TPSA) is 53.1 Å². The second-order valence-corrected chi connectivity index (χ2v) is 7.65. The molecule has 4 heteroatoms. The molecule has 3 nitrogen and oxygen atoms in total. The van der Waals surface area contributed by atoms with Crippen LogP contribution >= 0.6 is 11.3 Å². The van der Waals surface area contributed by atoms with Gasteiger partial charge in [-0.25, -0.2) is 0 Å². The molecule has 0 aliphatic heterocycles. The molecule has 0 aliphatic carbocycles. The highest BCUT2D eigenvalue weighted by Gasteiger charge is 2.17. The summed E-state index contributed by atoms with van der Waals surface area (Å²) in [5, 5.41) is 14.4. The molecule has 2 heterocycles. The van der Waals surface area contributed by atoms with Gasteiger partial charge in [-0.15, -0.1) is 11.3 Å². The molecule has 0 spiro atoms. The van der Waals surface area contributed by atoms with Crippen LogP contribution in [0, 0.1) is 6.92 Å². The number of fused-ring (bicyclic) bond motifs is 3. The van der Waals surface area contributed by atoms with E-state index in [0.717, 1.165) is 33.0 Å². The van der Waals surface area contributed by atoms with Crippen molar-refractivity contribution < 1.29 is 5.11 Å². The number of nitrogens with one attached hydrogen (secondary N) is 1. The molecule has 0 aliphatic rings. The quantitative estimate of drug-likeness (QED) is 0.499. The van der Waals surface area contributed by atoms with Crippen molar-refractivity contribution in [1.82, 2.24) is 4.98 Å². The van der Waals surface area contributed by atoms with Crippen molar-refractivity contribution in [2.24, 2.45) is 0 Å². The Morgan fingerprint density at radius 2 is 1.84 bits per heavy atom. The largest absolute Gasteiger partial charge is 0.507 e. The summed E-state index contributed by atoms with van der Waals surface area (Å²) >= 11 is 1.43. The van der Waals surface area contributed by atoms with Crippen LogP contribution in [0.15, 0.2) is 46.6 Å². The lowest BCUT2D eigenvalue weighted by molar-refractivity contribution is 0.477. The van der Waals surface area contributed by atoms with Gasteiger partial charge in [0.15, 0.2) is 0 Å². The summed E-state index contributed by atoms with van der Waals surface area (Å²) in [7, 11) is 0. The lowest BCUT2D eigenvalue weighted by atomic mass is 9.93.